The largest absolute Gasteiger partial charge is 0.352 e. The molecule has 4 rings (SSSR count). The first kappa shape index (κ1) is 17.5. The van der Waals surface area contributed by atoms with Gasteiger partial charge in [-0.3, -0.25) is 14.2 Å². The molecule has 6 nitrogen and oxygen atoms in total. The lowest BCUT2D eigenvalue weighted by atomic mass is 10.2. The second-order valence-electron chi connectivity index (χ2n) is 6.85. The Hall–Kier alpha value is -2.86. The minimum Gasteiger partial charge on any atom is -0.352 e. The predicted molar refractivity (Wildman–Crippen MR) is 105 cm³/mol. The van der Waals surface area contributed by atoms with Crippen molar-refractivity contribution in [2.24, 2.45) is 0 Å². The van der Waals surface area contributed by atoms with E-state index in [0.29, 0.717) is 21.6 Å². The number of aryl methyl sites for hydroxylation is 1. The lowest BCUT2D eigenvalue weighted by Crippen LogP contribution is -2.42. The maximum absolute atomic E-state index is 13.2. The van der Waals surface area contributed by atoms with Crippen LogP contribution < -0.4 is 16.6 Å². The van der Waals surface area contributed by atoms with Gasteiger partial charge in [-0.15, -0.1) is 0 Å². The van der Waals surface area contributed by atoms with Gasteiger partial charge in [0.2, 0.25) is 5.91 Å². The number of hydrogen-bond donors (Lipinski definition) is 1. The number of nitrogens with one attached hydrogen (secondary N) is 1. The summed E-state index contributed by atoms with van der Waals surface area (Å²) in [5.41, 5.74) is 0.751. The molecule has 1 fully saturated rings. The standard InChI is InChI=1S/C20H18ClN3O3/c1-12-3-2-4-15(9-12)24-19(26)16-8-5-13(21)10-17(16)23(20(24)27)11-18(25)22-14-6-7-14/h2-5,8-10,14H,6-7,11H2,1H3,(H,22,25). The quantitative estimate of drug-likeness (QED) is 0.751. The van der Waals surface area contributed by atoms with Gasteiger partial charge in [0.25, 0.3) is 5.56 Å². The number of carbonyl (C=O) groups excluding carboxylic acids is 1. The first-order valence-corrected chi connectivity index (χ1v) is 9.13. The molecule has 0 bridgehead atoms. The number of fused-ring (bicyclic) bond motifs is 1. The molecule has 0 spiro atoms. The fourth-order valence-corrected chi connectivity index (χ4v) is 3.30. The number of carbonyl (C=O) groups is 1. The predicted octanol–water partition coefficient (Wildman–Crippen LogP) is 2.39. The van der Waals surface area contributed by atoms with Crippen molar-refractivity contribution in [1.29, 1.82) is 0 Å². The van der Waals surface area contributed by atoms with Gasteiger partial charge in [0.15, 0.2) is 0 Å². The molecular weight excluding hydrogens is 366 g/mol. The highest BCUT2D eigenvalue weighted by atomic mass is 35.5. The van der Waals surface area contributed by atoms with Crippen LogP contribution in [0, 0.1) is 6.92 Å². The highest BCUT2D eigenvalue weighted by Crippen LogP contribution is 2.19. The highest BCUT2D eigenvalue weighted by molar-refractivity contribution is 6.31. The van der Waals surface area contributed by atoms with E-state index in [-0.39, 0.29) is 18.5 Å². The summed E-state index contributed by atoms with van der Waals surface area (Å²) in [6.07, 6.45) is 1.91. The molecule has 2 aromatic carbocycles. The van der Waals surface area contributed by atoms with Crippen molar-refractivity contribution in [2.45, 2.75) is 32.4 Å². The SMILES string of the molecule is Cc1cccc(-n2c(=O)c3ccc(Cl)cc3n(CC(=O)NC3CC3)c2=O)c1. The van der Waals surface area contributed by atoms with Crippen LogP contribution in [0.3, 0.4) is 0 Å². The maximum atomic E-state index is 13.2. The second-order valence-corrected chi connectivity index (χ2v) is 7.29. The fourth-order valence-electron chi connectivity index (χ4n) is 3.13. The Morgan fingerprint density at radius 2 is 1.96 bits per heavy atom. The number of hydrogen-bond acceptors (Lipinski definition) is 3. The monoisotopic (exact) mass is 383 g/mol. The molecule has 27 heavy (non-hydrogen) atoms. The molecule has 1 N–H and O–H groups in total. The number of nitrogens with zero attached hydrogens (tertiary/aromatic N) is 2. The zero-order valence-electron chi connectivity index (χ0n) is 14.7. The Morgan fingerprint density at radius 3 is 2.67 bits per heavy atom. The van der Waals surface area contributed by atoms with Gasteiger partial charge in [-0.1, -0.05) is 23.7 Å². The van der Waals surface area contributed by atoms with Gasteiger partial charge >= 0.3 is 5.69 Å². The van der Waals surface area contributed by atoms with Gasteiger partial charge in [0, 0.05) is 11.1 Å². The van der Waals surface area contributed by atoms with Crippen molar-refractivity contribution >= 4 is 28.4 Å². The second kappa shape index (κ2) is 6.70. The van der Waals surface area contributed by atoms with Crippen LogP contribution in [0.15, 0.2) is 52.1 Å². The minimum atomic E-state index is -0.564. The fraction of sp³-hybridized carbons (Fsp3) is 0.250. The molecule has 1 amide bonds. The van der Waals surface area contributed by atoms with Crippen molar-refractivity contribution in [2.75, 3.05) is 0 Å². The Balaban J connectivity index is 1.96. The number of amides is 1. The Labute approximate surface area is 160 Å². The minimum absolute atomic E-state index is 0.168. The number of benzene rings is 2. The third-order valence-electron chi connectivity index (χ3n) is 4.61. The molecule has 0 radical (unpaired) electrons. The average Bonchev–Trinajstić information content (AvgIpc) is 3.42. The molecule has 1 heterocycles. The van der Waals surface area contributed by atoms with Crippen LogP contribution in [-0.4, -0.2) is 21.1 Å². The van der Waals surface area contributed by atoms with Crippen LogP contribution in [0.4, 0.5) is 0 Å². The topological polar surface area (TPSA) is 73.1 Å². The normalized spacial score (nSPS) is 13.7. The zero-order valence-corrected chi connectivity index (χ0v) is 15.5. The lowest BCUT2D eigenvalue weighted by molar-refractivity contribution is -0.121. The van der Waals surface area contributed by atoms with Gasteiger partial charge in [-0.25, -0.2) is 9.36 Å². The van der Waals surface area contributed by atoms with Crippen LogP contribution in [0.5, 0.6) is 0 Å². The molecular formula is C20H18ClN3O3. The van der Waals surface area contributed by atoms with E-state index in [9.17, 15) is 14.4 Å². The number of halogens is 1. The number of aromatic nitrogens is 2. The number of rotatable bonds is 4. The van der Waals surface area contributed by atoms with Crippen molar-refractivity contribution in [3.8, 4) is 5.69 Å². The van der Waals surface area contributed by atoms with E-state index in [1.807, 2.05) is 13.0 Å². The summed E-state index contributed by atoms with van der Waals surface area (Å²) >= 11 is 6.08. The molecule has 7 heteroatoms. The molecule has 1 aliphatic carbocycles. The molecule has 0 saturated heterocycles. The van der Waals surface area contributed by atoms with Gasteiger partial charge in [0.05, 0.1) is 16.6 Å². The third kappa shape index (κ3) is 3.40. The average molecular weight is 384 g/mol. The van der Waals surface area contributed by atoms with Gasteiger partial charge in [0.1, 0.15) is 6.54 Å². The first-order valence-electron chi connectivity index (χ1n) is 8.75. The molecule has 138 valence electrons. The first-order chi connectivity index (χ1) is 12.9. The summed E-state index contributed by atoms with van der Waals surface area (Å²) in [6.45, 7) is 1.72. The third-order valence-corrected chi connectivity index (χ3v) is 4.85. The van der Waals surface area contributed by atoms with Crippen LogP contribution in [0.2, 0.25) is 5.02 Å². The van der Waals surface area contributed by atoms with Gasteiger partial charge in [-0.2, -0.15) is 0 Å². The van der Waals surface area contributed by atoms with Crippen LogP contribution in [0.25, 0.3) is 16.6 Å². The summed E-state index contributed by atoms with van der Waals surface area (Å²) in [4.78, 5) is 38.5. The lowest BCUT2D eigenvalue weighted by Gasteiger charge is -2.14. The molecule has 1 aromatic heterocycles. The van der Waals surface area contributed by atoms with Crippen molar-refractivity contribution in [3.05, 3.63) is 73.9 Å². The van der Waals surface area contributed by atoms with E-state index in [0.717, 1.165) is 23.0 Å². The smallest absolute Gasteiger partial charge is 0.336 e. The van der Waals surface area contributed by atoms with Gasteiger partial charge < -0.3 is 5.32 Å². The molecule has 3 aromatic rings. The Bertz CT molecular complexity index is 1180. The van der Waals surface area contributed by atoms with E-state index in [2.05, 4.69) is 5.32 Å². The van der Waals surface area contributed by atoms with Crippen LogP contribution in [0.1, 0.15) is 18.4 Å². The molecule has 1 saturated carbocycles. The highest BCUT2D eigenvalue weighted by Gasteiger charge is 2.24. The molecule has 0 unspecified atom stereocenters. The summed E-state index contributed by atoms with van der Waals surface area (Å²) < 4.78 is 2.41. The summed E-state index contributed by atoms with van der Waals surface area (Å²) in [6, 6.07) is 12.1. The van der Waals surface area contributed by atoms with E-state index in [4.69, 9.17) is 11.6 Å². The van der Waals surface area contributed by atoms with Gasteiger partial charge in [-0.05, 0) is 55.7 Å². The molecule has 0 atom stereocenters. The molecule has 1 aliphatic rings. The summed E-state index contributed by atoms with van der Waals surface area (Å²) in [5, 5.41) is 3.60. The maximum Gasteiger partial charge on any atom is 0.336 e. The van der Waals surface area contributed by atoms with Crippen molar-refractivity contribution < 1.29 is 4.79 Å². The van der Waals surface area contributed by atoms with Crippen molar-refractivity contribution in [3.63, 3.8) is 0 Å². The van der Waals surface area contributed by atoms with E-state index < -0.39 is 11.2 Å². The van der Waals surface area contributed by atoms with Crippen LogP contribution >= 0.6 is 11.6 Å². The van der Waals surface area contributed by atoms with E-state index in [1.54, 1.807) is 36.4 Å². The van der Waals surface area contributed by atoms with Crippen molar-refractivity contribution in [1.82, 2.24) is 14.5 Å². The van der Waals surface area contributed by atoms with E-state index >= 15 is 0 Å². The molecule has 0 aliphatic heterocycles. The zero-order chi connectivity index (χ0) is 19.1. The Kier molecular flexibility index (Phi) is 4.36. The van der Waals surface area contributed by atoms with E-state index in [1.165, 1.54) is 4.57 Å². The summed E-state index contributed by atoms with van der Waals surface area (Å²) in [7, 11) is 0. The summed E-state index contributed by atoms with van der Waals surface area (Å²) in [5.74, 6) is -0.254. The Morgan fingerprint density at radius 1 is 1.19 bits per heavy atom. The van der Waals surface area contributed by atoms with Crippen LogP contribution in [-0.2, 0) is 11.3 Å².